The summed E-state index contributed by atoms with van der Waals surface area (Å²) < 4.78 is 0. The first-order valence-electron chi connectivity index (χ1n) is 7.08. The summed E-state index contributed by atoms with van der Waals surface area (Å²) in [6, 6.07) is 4.52. The van der Waals surface area contributed by atoms with Crippen LogP contribution < -0.4 is 5.32 Å². The van der Waals surface area contributed by atoms with E-state index in [0.29, 0.717) is 6.04 Å². The van der Waals surface area contributed by atoms with Crippen molar-refractivity contribution in [2.75, 3.05) is 13.1 Å². The summed E-state index contributed by atoms with van der Waals surface area (Å²) in [5, 5.41) is 3.40. The Balaban J connectivity index is 2.47. The SMILES string of the molecule is CCN(CC)C(=O)C(C)NC(C)Cc1ccc(C)s1. The van der Waals surface area contributed by atoms with E-state index in [1.54, 1.807) is 0 Å². The highest BCUT2D eigenvalue weighted by molar-refractivity contribution is 7.11. The third kappa shape index (κ3) is 4.96. The highest BCUT2D eigenvalue weighted by atomic mass is 32.1. The second-order valence-corrected chi connectivity index (χ2v) is 6.39. The number of carbonyl (C=O) groups is 1. The number of carbonyl (C=O) groups excluding carboxylic acids is 1. The number of amides is 1. The van der Waals surface area contributed by atoms with Crippen LogP contribution in [0.4, 0.5) is 0 Å². The van der Waals surface area contributed by atoms with Crippen molar-refractivity contribution in [2.45, 2.75) is 53.1 Å². The average molecular weight is 282 g/mol. The van der Waals surface area contributed by atoms with E-state index in [4.69, 9.17) is 0 Å². The molecule has 19 heavy (non-hydrogen) atoms. The Morgan fingerprint density at radius 1 is 1.32 bits per heavy atom. The van der Waals surface area contributed by atoms with Crippen molar-refractivity contribution in [3.8, 4) is 0 Å². The van der Waals surface area contributed by atoms with Crippen molar-refractivity contribution >= 4 is 17.2 Å². The summed E-state index contributed by atoms with van der Waals surface area (Å²) in [5.74, 6) is 0.194. The lowest BCUT2D eigenvalue weighted by atomic mass is 10.1. The van der Waals surface area contributed by atoms with Crippen molar-refractivity contribution in [3.05, 3.63) is 21.9 Å². The molecule has 1 rings (SSSR count). The van der Waals surface area contributed by atoms with Crippen molar-refractivity contribution in [1.29, 1.82) is 0 Å². The Morgan fingerprint density at radius 3 is 2.42 bits per heavy atom. The fourth-order valence-corrected chi connectivity index (χ4v) is 3.28. The van der Waals surface area contributed by atoms with Gasteiger partial charge in [-0.2, -0.15) is 0 Å². The molecule has 4 heteroatoms. The fraction of sp³-hybridized carbons (Fsp3) is 0.667. The summed E-state index contributed by atoms with van der Waals surface area (Å²) in [6.07, 6.45) is 0.981. The van der Waals surface area contributed by atoms with E-state index in [9.17, 15) is 4.79 Å². The maximum atomic E-state index is 12.2. The van der Waals surface area contributed by atoms with Crippen LogP contribution in [-0.2, 0) is 11.2 Å². The second kappa shape index (κ2) is 7.65. The van der Waals surface area contributed by atoms with E-state index >= 15 is 0 Å². The molecule has 0 fully saturated rings. The predicted octanol–water partition coefficient (Wildman–Crippen LogP) is 2.83. The maximum absolute atomic E-state index is 12.2. The van der Waals surface area contributed by atoms with E-state index in [1.807, 2.05) is 37.0 Å². The van der Waals surface area contributed by atoms with Gasteiger partial charge in [-0.15, -0.1) is 11.3 Å². The van der Waals surface area contributed by atoms with Crippen LogP contribution in [0.1, 0.15) is 37.4 Å². The number of rotatable bonds is 7. The van der Waals surface area contributed by atoms with Crippen molar-refractivity contribution in [1.82, 2.24) is 10.2 Å². The van der Waals surface area contributed by atoms with Gasteiger partial charge in [0.15, 0.2) is 0 Å². The molecule has 1 aromatic heterocycles. The highest BCUT2D eigenvalue weighted by Gasteiger charge is 2.19. The summed E-state index contributed by atoms with van der Waals surface area (Å²) in [5.41, 5.74) is 0. The number of nitrogens with one attached hydrogen (secondary N) is 1. The van der Waals surface area contributed by atoms with Crippen LogP contribution in [0.2, 0.25) is 0 Å². The van der Waals surface area contributed by atoms with E-state index < -0.39 is 0 Å². The molecule has 1 N–H and O–H groups in total. The Kier molecular flexibility index (Phi) is 6.52. The molecule has 0 saturated carbocycles. The van der Waals surface area contributed by atoms with Gasteiger partial charge in [-0.3, -0.25) is 4.79 Å². The molecule has 1 aromatic rings. The zero-order valence-electron chi connectivity index (χ0n) is 12.7. The fourth-order valence-electron chi connectivity index (χ4n) is 2.26. The number of hydrogen-bond acceptors (Lipinski definition) is 3. The summed E-state index contributed by atoms with van der Waals surface area (Å²) in [6.45, 7) is 11.8. The molecule has 0 radical (unpaired) electrons. The molecule has 108 valence electrons. The van der Waals surface area contributed by atoms with Gasteiger partial charge >= 0.3 is 0 Å². The third-order valence-electron chi connectivity index (χ3n) is 3.28. The molecule has 0 aromatic carbocycles. The minimum atomic E-state index is -0.115. The summed E-state index contributed by atoms with van der Waals surface area (Å²) in [4.78, 5) is 16.8. The van der Waals surface area contributed by atoms with Gasteiger partial charge in [0.25, 0.3) is 0 Å². The largest absolute Gasteiger partial charge is 0.342 e. The van der Waals surface area contributed by atoms with Crippen LogP contribution >= 0.6 is 11.3 Å². The van der Waals surface area contributed by atoms with Gasteiger partial charge < -0.3 is 10.2 Å². The normalized spacial score (nSPS) is 14.2. The highest BCUT2D eigenvalue weighted by Crippen LogP contribution is 2.16. The first-order chi connectivity index (χ1) is 8.97. The summed E-state index contributed by atoms with van der Waals surface area (Å²) >= 11 is 1.83. The van der Waals surface area contributed by atoms with E-state index in [1.165, 1.54) is 9.75 Å². The zero-order chi connectivity index (χ0) is 14.4. The number of nitrogens with zero attached hydrogens (tertiary/aromatic N) is 1. The van der Waals surface area contributed by atoms with Gasteiger partial charge in [-0.05, 0) is 53.2 Å². The van der Waals surface area contributed by atoms with Gasteiger partial charge in [-0.1, -0.05) is 0 Å². The van der Waals surface area contributed by atoms with Crippen LogP contribution in [0.5, 0.6) is 0 Å². The van der Waals surface area contributed by atoms with Gasteiger partial charge in [0.2, 0.25) is 5.91 Å². The molecule has 1 amide bonds. The number of hydrogen-bond donors (Lipinski definition) is 1. The molecular formula is C15H26N2OS. The van der Waals surface area contributed by atoms with E-state index in [0.717, 1.165) is 19.5 Å². The summed E-state index contributed by atoms with van der Waals surface area (Å²) in [7, 11) is 0. The smallest absolute Gasteiger partial charge is 0.239 e. The molecule has 2 atom stereocenters. The molecule has 3 nitrogen and oxygen atoms in total. The van der Waals surface area contributed by atoms with Crippen molar-refractivity contribution < 1.29 is 4.79 Å². The molecule has 0 spiro atoms. The molecular weight excluding hydrogens is 256 g/mol. The third-order valence-corrected chi connectivity index (χ3v) is 4.31. The Bertz CT molecular complexity index is 399. The predicted molar refractivity (Wildman–Crippen MR) is 82.7 cm³/mol. The first kappa shape index (κ1) is 16.2. The number of aryl methyl sites for hydroxylation is 1. The lowest BCUT2D eigenvalue weighted by Gasteiger charge is -2.25. The number of likely N-dealkylation sites (N-methyl/N-ethyl adjacent to an activating group) is 1. The van der Waals surface area contributed by atoms with Crippen molar-refractivity contribution in [2.24, 2.45) is 0 Å². The van der Waals surface area contributed by atoms with Crippen LogP contribution in [-0.4, -0.2) is 36.0 Å². The molecule has 0 bridgehead atoms. The minimum absolute atomic E-state index is 0.115. The van der Waals surface area contributed by atoms with Gasteiger partial charge in [0, 0.05) is 28.9 Å². The molecule has 0 saturated heterocycles. The molecule has 0 aliphatic heterocycles. The Labute approximate surface area is 121 Å². The van der Waals surface area contributed by atoms with Crippen LogP contribution in [0, 0.1) is 6.92 Å². The molecule has 1 heterocycles. The first-order valence-corrected chi connectivity index (χ1v) is 7.89. The van der Waals surface area contributed by atoms with Crippen LogP contribution in [0.25, 0.3) is 0 Å². The Morgan fingerprint density at radius 2 is 1.95 bits per heavy atom. The molecule has 2 unspecified atom stereocenters. The quantitative estimate of drug-likeness (QED) is 0.834. The van der Waals surface area contributed by atoms with E-state index in [2.05, 4.69) is 31.3 Å². The zero-order valence-corrected chi connectivity index (χ0v) is 13.5. The lowest BCUT2D eigenvalue weighted by Crippen LogP contribution is -2.48. The minimum Gasteiger partial charge on any atom is -0.342 e. The average Bonchev–Trinajstić information content (AvgIpc) is 2.75. The molecule has 0 aliphatic carbocycles. The van der Waals surface area contributed by atoms with E-state index in [-0.39, 0.29) is 11.9 Å². The van der Waals surface area contributed by atoms with Gasteiger partial charge in [-0.25, -0.2) is 0 Å². The topological polar surface area (TPSA) is 32.3 Å². The second-order valence-electron chi connectivity index (χ2n) is 5.02. The van der Waals surface area contributed by atoms with Crippen LogP contribution in [0.3, 0.4) is 0 Å². The Hall–Kier alpha value is -0.870. The standard InChI is InChI=1S/C15H26N2OS/c1-6-17(7-2)15(18)13(5)16-11(3)10-14-9-8-12(4)19-14/h8-9,11,13,16H,6-7,10H2,1-5H3. The van der Waals surface area contributed by atoms with Crippen molar-refractivity contribution in [3.63, 3.8) is 0 Å². The molecule has 0 aliphatic rings. The monoisotopic (exact) mass is 282 g/mol. The van der Waals surface area contributed by atoms with Gasteiger partial charge in [0.1, 0.15) is 0 Å². The van der Waals surface area contributed by atoms with Crippen LogP contribution in [0.15, 0.2) is 12.1 Å². The lowest BCUT2D eigenvalue weighted by molar-refractivity contribution is -0.132. The number of thiophene rings is 1. The van der Waals surface area contributed by atoms with Gasteiger partial charge in [0.05, 0.1) is 6.04 Å². The maximum Gasteiger partial charge on any atom is 0.239 e.